The van der Waals surface area contributed by atoms with Crippen LogP contribution in [0.5, 0.6) is 0 Å². The Hall–Kier alpha value is -1.88. The number of H-pyrrole nitrogens is 1. The molecule has 2 aromatic rings. The Morgan fingerprint density at radius 1 is 1.24 bits per heavy atom. The van der Waals surface area contributed by atoms with E-state index in [0.717, 1.165) is 68.5 Å². The van der Waals surface area contributed by atoms with Gasteiger partial charge in [0.2, 0.25) is 5.91 Å². The largest absolute Gasteiger partial charge is 0.342 e. The molecule has 1 aromatic heterocycles. The Morgan fingerprint density at radius 2 is 2.00 bits per heavy atom. The van der Waals surface area contributed by atoms with Gasteiger partial charge in [-0.3, -0.25) is 4.79 Å². The van der Waals surface area contributed by atoms with Crippen molar-refractivity contribution < 1.29 is 4.79 Å². The smallest absolute Gasteiger partial charge is 0.227 e. The van der Waals surface area contributed by atoms with Crippen LogP contribution in [0.25, 0.3) is 11.0 Å². The highest BCUT2D eigenvalue weighted by Crippen LogP contribution is 2.35. The monoisotopic (exact) mass is 340 g/mol. The van der Waals surface area contributed by atoms with Crippen LogP contribution < -0.4 is 5.73 Å². The summed E-state index contributed by atoms with van der Waals surface area (Å²) in [5, 5.41) is 0. The van der Waals surface area contributed by atoms with Crippen molar-refractivity contribution in [1.29, 1.82) is 0 Å². The quantitative estimate of drug-likeness (QED) is 0.882. The molecular weight excluding hydrogens is 312 g/mol. The lowest BCUT2D eigenvalue weighted by Gasteiger charge is -2.41. The summed E-state index contributed by atoms with van der Waals surface area (Å²) < 4.78 is 0. The number of fused-ring (bicyclic) bond motifs is 1. The van der Waals surface area contributed by atoms with E-state index >= 15 is 0 Å². The number of aromatic amines is 1. The molecule has 1 aromatic carbocycles. The minimum Gasteiger partial charge on any atom is -0.342 e. The summed E-state index contributed by atoms with van der Waals surface area (Å²) in [4.78, 5) is 23.2. The molecule has 4 rings (SSSR count). The molecule has 2 heterocycles. The standard InChI is InChI=1S/C20H28N4O/c1-20(21)11-5-4-6-15(20)19(25)24-12-9-14(10-13-24)18-22-16-7-2-3-8-17(16)23-18/h2-3,7-8,14-15H,4-6,9-13,21H2,1H3,(H,22,23). The summed E-state index contributed by atoms with van der Waals surface area (Å²) >= 11 is 0. The fraction of sp³-hybridized carbons (Fsp3) is 0.600. The van der Waals surface area contributed by atoms with Crippen LogP contribution in [0, 0.1) is 5.92 Å². The van der Waals surface area contributed by atoms with Gasteiger partial charge in [-0.1, -0.05) is 25.0 Å². The van der Waals surface area contributed by atoms with E-state index in [1.165, 1.54) is 0 Å². The van der Waals surface area contributed by atoms with Gasteiger partial charge in [0.1, 0.15) is 5.82 Å². The molecule has 0 bridgehead atoms. The normalized spacial score (nSPS) is 28.4. The number of hydrogen-bond donors (Lipinski definition) is 2. The molecule has 3 N–H and O–H groups in total. The van der Waals surface area contributed by atoms with Gasteiger partial charge in [-0.05, 0) is 44.7 Å². The lowest BCUT2D eigenvalue weighted by molar-refractivity contribution is -0.140. The van der Waals surface area contributed by atoms with E-state index in [2.05, 4.69) is 18.0 Å². The molecule has 2 aliphatic rings. The lowest BCUT2D eigenvalue weighted by atomic mass is 9.73. The molecule has 2 fully saturated rings. The van der Waals surface area contributed by atoms with E-state index < -0.39 is 0 Å². The van der Waals surface area contributed by atoms with Crippen LogP contribution in [0.15, 0.2) is 24.3 Å². The molecule has 1 saturated carbocycles. The number of amides is 1. The average molecular weight is 340 g/mol. The number of hydrogen-bond acceptors (Lipinski definition) is 3. The summed E-state index contributed by atoms with van der Waals surface area (Å²) in [6.45, 7) is 3.68. The van der Waals surface area contributed by atoms with Crippen molar-refractivity contribution in [3.63, 3.8) is 0 Å². The SMILES string of the molecule is CC1(N)CCCCC1C(=O)N1CCC(c2nc3ccccc3[nH]2)CC1. The molecule has 1 aliphatic heterocycles. The first-order chi connectivity index (χ1) is 12.0. The number of nitrogens with zero attached hydrogens (tertiary/aromatic N) is 2. The van der Waals surface area contributed by atoms with Gasteiger partial charge >= 0.3 is 0 Å². The first kappa shape index (κ1) is 16.6. The number of nitrogens with one attached hydrogen (secondary N) is 1. The molecule has 1 saturated heterocycles. The Bertz CT molecular complexity index is 725. The number of para-hydroxylation sites is 2. The van der Waals surface area contributed by atoms with Gasteiger partial charge < -0.3 is 15.6 Å². The maximum atomic E-state index is 13.0. The van der Waals surface area contributed by atoms with E-state index in [1.807, 2.05) is 23.1 Å². The minimum absolute atomic E-state index is 0.0102. The third kappa shape index (κ3) is 3.17. The Balaban J connectivity index is 1.41. The van der Waals surface area contributed by atoms with Crippen LogP contribution >= 0.6 is 0 Å². The molecule has 5 nitrogen and oxygen atoms in total. The van der Waals surface area contributed by atoms with Crippen molar-refractivity contribution in [2.75, 3.05) is 13.1 Å². The van der Waals surface area contributed by atoms with Gasteiger partial charge in [0.25, 0.3) is 0 Å². The highest BCUT2D eigenvalue weighted by molar-refractivity contribution is 5.80. The molecule has 2 unspecified atom stereocenters. The molecule has 0 spiro atoms. The molecule has 1 amide bonds. The predicted octanol–water partition coefficient (Wildman–Crippen LogP) is 3.18. The lowest BCUT2D eigenvalue weighted by Crippen LogP contribution is -2.54. The van der Waals surface area contributed by atoms with E-state index in [4.69, 9.17) is 10.7 Å². The second kappa shape index (κ2) is 6.45. The average Bonchev–Trinajstić information content (AvgIpc) is 3.05. The van der Waals surface area contributed by atoms with Gasteiger partial charge in [0.15, 0.2) is 0 Å². The molecule has 25 heavy (non-hydrogen) atoms. The van der Waals surface area contributed by atoms with Gasteiger partial charge in [-0.15, -0.1) is 0 Å². The molecule has 5 heteroatoms. The number of nitrogens with two attached hydrogens (primary N) is 1. The van der Waals surface area contributed by atoms with Crippen molar-refractivity contribution in [1.82, 2.24) is 14.9 Å². The van der Waals surface area contributed by atoms with Crippen molar-refractivity contribution >= 4 is 16.9 Å². The summed E-state index contributed by atoms with van der Waals surface area (Å²) in [5.74, 6) is 1.73. The Labute approximate surface area is 149 Å². The summed E-state index contributed by atoms with van der Waals surface area (Å²) in [7, 11) is 0. The zero-order chi connectivity index (χ0) is 17.4. The van der Waals surface area contributed by atoms with Crippen LogP contribution in [0.1, 0.15) is 57.2 Å². The van der Waals surface area contributed by atoms with Crippen LogP contribution in [0.4, 0.5) is 0 Å². The number of aromatic nitrogens is 2. The van der Waals surface area contributed by atoms with E-state index in [1.54, 1.807) is 0 Å². The number of carbonyl (C=O) groups excluding carboxylic acids is 1. The Morgan fingerprint density at radius 3 is 2.72 bits per heavy atom. The molecule has 134 valence electrons. The Kier molecular flexibility index (Phi) is 4.28. The number of piperidine rings is 1. The molecule has 0 radical (unpaired) electrons. The minimum atomic E-state index is -0.342. The van der Waals surface area contributed by atoms with Gasteiger partial charge in [-0.2, -0.15) is 0 Å². The maximum Gasteiger partial charge on any atom is 0.227 e. The number of benzene rings is 1. The van der Waals surface area contributed by atoms with Crippen molar-refractivity contribution in [2.24, 2.45) is 11.7 Å². The topological polar surface area (TPSA) is 75.0 Å². The number of carbonyl (C=O) groups is 1. The number of likely N-dealkylation sites (tertiary alicyclic amines) is 1. The van der Waals surface area contributed by atoms with Crippen LogP contribution in [0.3, 0.4) is 0 Å². The molecule has 2 atom stereocenters. The molecular formula is C20H28N4O. The van der Waals surface area contributed by atoms with Gasteiger partial charge in [0.05, 0.1) is 17.0 Å². The van der Waals surface area contributed by atoms with Crippen LogP contribution in [0.2, 0.25) is 0 Å². The maximum absolute atomic E-state index is 13.0. The third-order valence-corrected chi connectivity index (χ3v) is 6.15. The highest BCUT2D eigenvalue weighted by atomic mass is 16.2. The predicted molar refractivity (Wildman–Crippen MR) is 99.2 cm³/mol. The van der Waals surface area contributed by atoms with Crippen molar-refractivity contribution in [3.8, 4) is 0 Å². The second-order valence-electron chi connectivity index (χ2n) is 8.04. The van der Waals surface area contributed by atoms with E-state index in [9.17, 15) is 4.79 Å². The van der Waals surface area contributed by atoms with E-state index in [-0.39, 0.29) is 17.4 Å². The van der Waals surface area contributed by atoms with Crippen molar-refractivity contribution in [3.05, 3.63) is 30.1 Å². The fourth-order valence-electron chi connectivity index (χ4n) is 4.52. The number of rotatable bonds is 2. The first-order valence-electron chi connectivity index (χ1n) is 9.57. The van der Waals surface area contributed by atoms with Gasteiger partial charge in [0, 0.05) is 24.5 Å². The summed E-state index contributed by atoms with van der Waals surface area (Å²) in [6, 6.07) is 8.15. The molecule has 1 aliphatic carbocycles. The van der Waals surface area contributed by atoms with Crippen LogP contribution in [-0.2, 0) is 4.79 Å². The highest BCUT2D eigenvalue weighted by Gasteiger charge is 2.40. The fourth-order valence-corrected chi connectivity index (χ4v) is 4.52. The zero-order valence-corrected chi connectivity index (χ0v) is 15.0. The van der Waals surface area contributed by atoms with Gasteiger partial charge in [-0.25, -0.2) is 4.98 Å². The van der Waals surface area contributed by atoms with Crippen LogP contribution in [-0.4, -0.2) is 39.4 Å². The zero-order valence-electron chi connectivity index (χ0n) is 15.0. The first-order valence-corrected chi connectivity index (χ1v) is 9.57. The van der Waals surface area contributed by atoms with E-state index in [0.29, 0.717) is 5.92 Å². The summed E-state index contributed by atoms with van der Waals surface area (Å²) in [5.41, 5.74) is 8.21. The summed E-state index contributed by atoms with van der Waals surface area (Å²) in [6.07, 6.45) is 6.11. The third-order valence-electron chi connectivity index (χ3n) is 6.15. The van der Waals surface area contributed by atoms with Crippen molar-refractivity contribution in [2.45, 2.75) is 56.9 Å². The second-order valence-corrected chi connectivity index (χ2v) is 8.04. The number of imidazole rings is 1.